The Morgan fingerprint density at radius 3 is 2.55 bits per heavy atom. The number of furan rings is 1. The van der Waals surface area contributed by atoms with Gasteiger partial charge in [-0.15, -0.1) is 0 Å². The van der Waals surface area contributed by atoms with E-state index in [0.29, 0.717) is 22.0 Å². The predicted molar refractivity (Wildman–Crippen MR) is 116 cm³/mol. The summed E-state index contributed by atoms with van der Waals surface area (Å²) in [6.07, 6.45) is 1.32. The van der Waals surface area contributed by atoms with Gasteiger partial charge in [-0.3, -0.25) is 15.0 Å². The lowest BCUT2D eigenvalue weighted by molar-refractivity contribution is -0.117. The second kappa shape index (κ2) is 7.94. The largest absolute Gasteiger partial charge is 0.478 e. The first kappa shape index (κ1) is 20.7. The van der Waals surface area contributed by atoms with E-state index in [4.69, 9.17) is 27.6 Å². The summed E-state index contributed by atoms with van der Waals surface area (Å²) in [5.74, 6) is -1.68. The number of hydrazine groups is 1. The van der Waals surface area contributed by atoms with Crippen LogP contribution in [0.3, 0.4) is 0 Å². The third kappa shape index (κ3) is 3.93. The zero-order chi connectivity index (χ0) is 22.3. The fraction of sp³-hybridized carbons (Fsp3) is 0.0455. The molecule has 0 spiro atoms. The molecule has 3 aromatic rings. The van der Waals surface area contributed by atoms with Crippen molar-refractivity contribution in [2.45, 2.75) is 6.92 Å². The number of hydrogen-bond acceptors (Lipinski definition) is 4. The Kier molecular flexibility index (Phi) is 5.31. The van der Waals surface area contributed by atoms with E-state index in [9.17, 15) is 19.5 Å². The van der Waals surface area contributed by atoms with Crippen LogP contribution in [0.15, 0.2) is 58.5 Å². The number of hydrogen-bond donors (Lipinski definition) is 2. The molecule has 2 N–H and O–H groups in total. The number of benzene rings is 2. The van der Waals surface area contributed by atoms with E-state index in [2.05, 4.69) is 5.43 Å². The van der Waals surface area contributed by atoms with Crippen molar-refractivity contribution in [3.63, 3.8) is 0 Å². The number of carbonyl (C=O) groups is 3. The lowest BCUT2D eigenvalue weighted by Gasteiger charge is -2.15. The van der Waals surface area contributed by atoms with Crippen LogP contribution in [0, 0.1) is 6.92 Å². The summed E-state index contributed by atoms with van der Waals surface area (Å²) in [6.45, 7) is 1.83. The average molecular weight is 457 g/mol. The molecule has 4 rings (SSSR count). The molecule has 2 amide bonds. The molecular weight excluding hydrogens is 443 g/mol. The van der Waals surface area contributed by atoms with Crippen LogP contribution in [-0.2, 0) is 9.59 Å². The van der Waals surface area contributed by atoms with Gasteiger partial charge in [0.05, 0.1) is 16.3 Å². The van der Waals surface area contributed by atoms with Crippen molar-refractivity contribution in [2.75, 3.05) is 5.01 Å². The first-order valence-electron chi connectivity index (χ1n) is 9.01. The fourth-order valence-corrected chi connectivity index (χ4v) is 3.40. The number of nitrogens with zero attached hydrogens (tertiary/aromatic N) is 1. The summed E-state index contributed by atoms with van der Waals surface area (Å²) in [6, 6.07) is 12.6. The monoisotopic (exact) mass is 456 g/mol. The van der Waals surface area contributed by atoms with Crippen LogP contribution in [0.25, 0.3) is 17.4 Å². The van der Waals surface area contributed by atoms with Crippen LogP contribution in [0.1, 0.15) is 21.7 Å². The van der Waals surface area contributed by atoms with Crippen LogP contribution >= 0.6 is 23.2 Å². The van der Waals surface area contributed by atoms with E-state index in [0.717, 1.165) is 10.6 Å². The summed E-state index contributed by atoms with van der Waals surface area (Å²) in [7, 11) is 0. The molecule has 2 heterocycles. The Bertz CT molecular complexity index is 1280. The first-order chi connectivity index (χ1) is 14.7. The van der Waals surface area contributed by atoms with Gasteiger partial charge in [0.25, 0.3) is 11.8 Å². The van der Waals surface area contributed by atoms with Crippen LogP contribution in [-0.4, -0.2) is 22.9 Å². The van der Waals surface area contributed by atoms with Crippen molar-refractivity contribution < 1.29 is 23.9 Å². The smallest absolute Gasteiger partial charge is 0.337 e. The van der Waals surface area contributed by atoms with Crippen molar-refractivity contribution >= 4 is 52.7 Å². The number of rotatable bonds is 4. The molecule has 156 valence electrons. The Balaban J connectivity index is 1.62. The molecule has 0 radical (unpaired) electrons. The van der Waals surface area contributed by atoms with Gasteiger partial charge in [-0.1, -0.05) is 29.3 Å². The van der Waals surface area contributed by atoms with Crippen LogP contribution in [0.2, 0.25) is 10.0 Å². The second-order valence-corrected chi connectivity index (χ2v) is 7.59. The van der Waals surface area contributed by atoms with Crippen molar-refractivity contribution in [1.29, 1.82) is 0 Å². The maximum Gasteiger partial charge on any atom is 0.337 e. The highest BCUT2D eigenvalue weighted by Gasteiger charge is 2.35. The number of amides is 2. The highest BCUT2D eigenvalue weighted by Crippen LogP contribution is 2.29. The van der Waals surface area contributed by atoms with Crippen molar-refractivity contribution in [3.05, 3.63) is 81.0 Å². The van der Waals surface area contributed by atoms with Gasteiger partial charge >= 0.3 is 5.97 Å². The van der Waals surface area contributed by atoms with Crippen LogP contribution < -0.4 is 10.4 Å². The standard InChI is InChI=1S/C22H14Cl2N2O5/c1-11-2-4-13(9-18(11)24)26-21(28)16(20(27)25-26)10-14-5-7-19(31-14)12-3-6-17(23)15(8-12)22(29)30/h2-10H,1H3,(H,25,27)(H,29,30). The third-order valence-electron chi connectivity index (χ3n) is 4.70. The molecule has 1 saturated heterocycles. The van der Waals surface area contributed by atoms with Crippen molar-refractivity contribution in [1.82, 2.24) is 5.43 Å². The number of carboxylic acid groups (broad SMARTS) is 1. The molecular formula is C22H14Cl2N2O5. The number of halogens is 2. The first-order valence-corrected chi connectivity index (χ1v) is 9.76. The third-order valence-corrected chi connectivity index (χ3v) is 5.44. The van der Waals surface area contributed by atoms with Gasteiger partial charge in [0, 0.05) is 10.6 Å². The molecule has 9 heteroatoms. The summed E-state index contributed by atoms with van der Waals surface area (Å²) >= 11 is 12.0. The van der Waals surface area contributed by atoms with E-state index < -0.39 is 17.8 Å². The molecule has 0 aliphatic carbocycles. The highest BCUT2D eigenvalue weighted by molar-refractivity contribution is 6.34. The zero-order valence-corrected chi connectivity index (χ0v) is 17.5. The Morgan fingerprint density at radius 1 is 1.06 bits per heavy atom. The maximum atomic E-state index is 12.8. The number of carboxylic acids is 1. The van der Waals surface area contributed by atoms with Gasteiger partial charge in [0.1, 0.15) is 17.1 Å². The minimum atomic E-state index is -1.16. The minimum absolute atomic E-state index is 0.0618. The molecule has 7 nitrogen and oxygen atoms in total. The van der Waals surface area contributed by atoms with Gasteiger partial charge in [-0.05, 0) is 61.0 Å². The van der Waals surface area contributed by atoms with Gasteiger partial charge in [-0.2, -0.15) is 0 Å². The minimum Gasteiger partial charge on any atom is -0.478 e. The molecule has 0 saturated carbocycles. The van der Waals surface area contributed by atoms with E-state index >= 15 is 0 Å². The van der Waals surface area contributed by atoms with Gasteiger partial charge in [0.2, 0.25) is 0 Å². The van der Waals surface area contributed by atoms with Gasteiger partial charge < -0.3 is 9.52 Å². The van der Waals surface area contributed by atoms with Gasteiger partial charge in [-0.25, -0.2) is 9.80 Å². The topological polar surface area (TPSA) is 99.8 Å². The van der Waals surface area contributed by atoms with Crippen molar-refractivity contribution in [2.24, 2.45) is 0 Å². The number of aromatic carboxylic acids is 1. The zero-order valence-electron chi connectivity index (χ0n) is 16.0. The number of anilines is 1. The molecule has 0 bridgehead atoms. The predicted octanol–water partition coefficient (Wildman–Crippen LogP) is 4.72. The number of carbonyl (C=O) groups excluding carboxylic acids is 2. The molecule has 1 fully saturated rings. The molecule has 1 aromatic heterocycles. The Labute approximate surface area is 186 Å². The number of aryl methyl sites for hydroxylation is 1. The summed E-state index contributed by atoms with van der Waals surface area (Å²) < 4.78 is 5.69. The van der Waals surface area contributed by atoms with E-state index in [1.165, 1.54) is 18.2 Å². The maximum absolute atomic E-state index is 12.8. The highest BCUT2D eigenvalue weighted by atomic mass is 35.5. The summed E-state index contributed by atoms with van der Waals surface area (Å²) in [4.78, 5) is 36.4. The molecule has 1 aliphatic heterocycles. The van der Waals surface area contributed by atoms with E-state index in [1.54, 1.807) is 36.4 Å². The lowest BCUT2D eigenvalue weighted by Crippen LogP contribution is -2.35. The lowest BCUT2D eigenvalue weighted by atomic mass is 10.1. The van der Waals surface area contributed by atoms with Crippen LogP contribution in [0.4, 0.5) is 5.69 Å². The summed E-state index contributed by atoms with van der Waals surface area (Å²) in [5, 5.41) is 10.9. The fourth-order valence-electron chi connectivity index (χ4n) is 3.03. The SMILES string of the molecule is Cc1ccc(N2NC(=O)C(=Cc3ccc(-c4ccc(Cl)c(C(=O)O)c4)o3)C2=O)cc1Cl. The second-order valence-electron chi connectivity index (χ2n) is 6.77. The van der Waals surface area contributed by atoms with Crippen molar-refractivity contribution in [3.8, 4) is 11.3 Å². The molecule has 1 aliphatic rings. The van der Waals surface area contributed by atoms with E-state index in [-0.39, 0.29) is 21.9 Å². The molecule has 31 heavy (non-hydrogen) atoms. The Hall–Kier alpha value is -3.55. The Morgan fingerprint density at radius 2 is 1.84 bits per heavy atom. The molecule has 0 atom stereocenters. The van der Waals surface area contributed by atoms with Crippen LogP contribution in [0.5, 0.6) is 0 Å². The summed E-state index contributed by atoms with van der Waals surface area (Å²) in [5.41, 5.74) is 4.09. The average Bonchev–Trinajstić information content (AvgIpc) is 3.30. The quantitative estimate of drug-likeness (QED) is 0.436. The number of nitrogens with one attached hydrogen (secondary N) is 1. The molecule has 2 aromatic carbocycles. The van der Waals surface area contributed by atoms with E-state index in [1.807, 2.05) is 6.92 Å². The molecule has 0 unspecified atom stereocenters. The normalized spacial score (nSPS) is 14.9. The van der Waals surface area contributed by atoms with Gasteiger partial charge in [0.15, 0.2) is 0 Å².